The van der Waals surface area contributed by atoms with Gasteiger partial charge in [0.2, 0.25) is 0 Å². The number of fused-ring (bicyclic) bond motifs is 1. The Labute approximate surface area is 197 Å². The second-order valence-electron chi connectivity index (χ2n) is 7.37. The van der Waals surface area contributed by atoms with E-state index in [9.17, 15) is 13.2 Å². The number of rotatable bonds is 7. The van der Waals surface area contributed by atoms with Gasteiger partial charge in [-0.3, -0.25) is 9.52 Å². The maximum Gasteiger partial charge on any atom is 0.262 e. The molecule has 0 spiro atoms. The summed E-state index contributed by atoms with van der Waals surface area (Å²) in [6.07, 6.45) is 0.715. The number of hydrogen-bond acceptors (Lipinski definition) is 7. The molecule has 34 heavy (non-hydrogen) atoms. The van der Waals surface area contributed by atoms with Gasteiger partial charge in [-0.15, -0.1) is 0 Å². The third-order valence-corrected chi connectivity index (χ3v) is 6.44. The predicted molar refractivity (Wildman–Crippen MR) is 127 cm³/mol. The molecule has 0 fully saturated rings. The van der Waals surface area contributed by atoms with Gasteiger partial charge in [0.05, 0.1) is 38.0 Å². The predicted octanol–water partition coefficient (Wildman–Crippen LogP) is 3.92. The molecule has 0 unspecified atom stereocenters. The topological polar surface area (TPSA) is 112 Å². The minimum atomic E-state index is -3.93. The summed E-state index contributed by atoms with van der Waals surface area (Å²) in [4.78, 5) is 12.8. The van der Waals surface area contributed by atoms with Crippen molar-refractivity contribution < 1.29 is 32.2 Å². The number of methoxy groups -OCH3 is 2. The molecule has 2 N–H and O–H groups in total. The Kier molecular flexibility index (Phi) is 6.78. The summed E-state index contributed by atoms with van der Waals surface area (Å²) < 4.78 is 50.0. The van der Waals surface area contributed by atoms with E-state index in [1.165, 1.54) is 32.4 Å². The fourth-order valence-corrected chi connectivity index (χ4v) is 4.41. The lowest BCUT2D eigenvalue weighted by atomic mass is 10.2. The first-order valence-corrected chi connectivity index (χ1v) is 11.9. The minimum absolute atomic E-state index is 0.0228. The van der Waals surface area contributed by atoms with E-state index in [0.717, 1.165) is 0 Å². The summed E-state index contributed by atoms with van der Waals surface area (Å²) >= 11 is 0. The van der Waals surface area contributed by atoms with Gasteiger partial charge in [-0.05, 0) is 42.5 Å². The molecule has 0 bridgehead atoms. The molecule has 0 saturated heterocycles. The molecular weight excluding hydrogens is 460 g/mol. The molecule has 4 rings (SSSR count). The molecule has 10 heteroatoms. The first kappa shape index (κ1) is 23.2. The Morgan fingerprint density at radius 2 is 1.71 bits per heavy atom. The van der Waals surface area contributed by atoms with Gasteiger partial charge in [0.25, 0.3) is 15.9 Å². The molecule has 3 aromatic carbocycles. The molecule has 0 atom stereocenters. The molecule has 178 valence electrons. The highest BCUT2D eigenvalue weighted by Gasteiger charge is 2.20. The molecule has 0 aliphatic carbocycles. The average Bonchev–Trinajstić information content (AvgIpc) is 3.09. The van der Waals surface area contributed by atoms with Crippen LogP contribution >= 0.6 is 0 Å². The van der Waals surface area contributed by atoms with Gasteiger partial charge in [-0.1, -0.05) is 6.07 Å². The van der Waals surface area contributed by atoms with Crippen molar-refractivity contribution in [3.05, 3.63) is 66.2 Å². The number of benzene rings is 3. The van der Waals surface area contributed by atoms with Crippen molar-refractivity contribution in [2.45, 2.75) is 11.3 Å². The number of anilines is 2. The smallest absolute Gasteiger partial charge is 0.262 e. The van der Waals surface area contributed by atoms with E-state index in [0.29, 0.717) is 48.3 Å². The van der Waals surface area contributed by atoms with Crippen LogP contribution in [0, 0.1) is 0 Å². The van der Waals surface area contributed by atoms with Gasteiger partial charge in [0.1, 0.15) is 11.5 Å². The molecule has 1 amide bonds. The van der Waals surface area contributed by atoms with Crippen molar-refractivity contribution >= 4 is 27.3 Å². The van der Waals surface area contributed by atoms with E-state index >= 15 is 0 Å². The summed E-state index contributed by atoms with van der Waals surface area (Å²) in [5, 5.41) is 2.76. The number of carbonyl (C=O) groups is 1. The Balaban J connectivity index is 1.52. The SMILES string of the molecule is COc1ccc(NC(=O)c2cccc(NS(=O)(=O)c3ccc4c(c3)OCCCO4)c2)c(OC)c1. The normalized spacial score (nSPS) is 12.9. The van der Waals surface area contributed by atoms with Crippen LogP contribution in [0.25, 0.3) is 0 Å². The van der Waals surface area contributed by atoms with Crippen molar-refractivity contribution in [1.82, 2.24) is 0 Å². The van der Waals surface area contributed by atoms with Crippen LogP contribution in [0.15, 0.2) is 65.6 Å². The maximum absolute atomic E-state index is 13.0. The number of amides is 1. The van der Waals surface area contributed by atoms with Gasteiger partial charge >= 0.3 is 0 Å². The van der Waals surface area contributed by atoms with Crippen LogP contribution in [0.5, 0.6) is 23.0 Å². The van der Waals surface area contributed by atoms with E-state index in [1.807, 2.05) is 0 Å². The molecule has 1 aliphatic rings. The van der Waals surface area contributed by atoms with Crippen LogP contribution in [0.1, 0.15) is 16.8 Å². The highest BCUT2D eigenvalue weighted by molar-refractivity contribution is 7.92. The maximum atomic E-state index is 13.0. The van der Waals surface area contributed by atoms with Crippen molar-refractivity contribution in [1.29, 1.82) is 0 Å². The van der Waals surface area contributed by atoms with Crippen LogP contribution in [0.2, 0.25) is 0 Å². The van der Waals surface area contributed by atoms with Crippen LogP contribution in [-0.2, 0) is 10.0 Å². The van der Waals surface area contributed by atoms with E-state index in [4.69, 9.17) is 18.9 Å². The number of carbonyl (C=O) groups excluding carboxylic acids is 1. The number of sulfonamides is 1. The van der Waals surface area contributed by atoms with Crippen molar-refractivity contribution in [2.75, 3.05) is 37.5 Å². The lowest BCUT2D eigenvalue weighted by Crippen LogP contribution is -2.15. The average molecular weight is 485 g/mol. The quantitative estimate of drug-likeness (QED) is 0.523. The fraction of sp³-hybridized carbons (Fsp3) is 0.208. The van der Waals surface area contributed by atoms with E-state index in [1.54, 1.807) is 42.5 Å². The second kappa shape index (κ2) is 9.92. The highest BCUT2D eigenvalue weighted by atomic mass is 32.2. The monoisotopic (exact) mass is 484 g/mol. The van der Waals surface area contributed by atoms with Gasteiger partial charge < -0.3 is 24.3 Å². The van der Waals surface area contributed by atoms with Gasteiger partial charge in [-0.25, -0.2) is 8.42 Å². The molecule has 9 nitrogen and oxygen atoms in total. The second-order valence-corrected chi connectivity index (χ2v) is 9.05. The molecular formula is C24H24N2O7S. The molecule has 0 saturated carbocycles. The summed E-state index contributed by atoms with van der Waals surface area (Å²) in [6, 6.07) is 15.6. The Morgan fingerprint density at radius 1 is 0.912 bits per heavy atom. The first-order chi connectivity index (χ1) is 16.4. The van der Waals surface area contributed by atoms with Crippen LogP contribution in [0.4, 0.5) is 11.4 Å². The van der Waals surface area contributed by atoms with Crippen LogP contribution in [-0.4, -0.2) is 41.8 Å². The van der Waals surface area contributed by atoms with Crippen molar-refractivity contribution in [2.24, 2.45) is 0 Å². The van der Waals surface area contributed by atoms with Gasteiger partial charge in [0.15, 0.2) is 11.5 Å². The standard InChI is InChI=1S/C24H24N2O7S/c1-30-18-7-9-20(22(14-18)31-2)25-24(27)16-5-3-6-17(13-16)26-34(28,29)19-8-10-21-23(15-19)33-12-4-11-32-21/h3,5-10,13-15,26H,4,11-12H2,1-2H3,(H,25,27). The molecule has 3 aromatic rings. The Bertz CT molecular complexity index is 1310. The fourth-order valence-electron chi connectivity index (χ4n) is 3.35. The lowest BCUT2D eigenvalue weighted by molar-refractivity contribution is 0.102. The molecule has 1 heterocycles. The van der Waals surface area contributed by atoms with E-state index < -0.39 is 15.9 Å². The zero-order chi connectivity index (χ0) is 24.1. The number of ether oxygens (including phenoxy) is 4. The summed E-state index contributed by atoms with van der Waals surface area (Å²) in [7, 11) is -0.910. The highest BCUT2D eigenvalue weighted by Crippen LogP contribution is 2.33. The Morgan fingerprint density at radius 3 is 2.47 bits per heavy atom. The number of hydrogen-bond donors (Lipinski definition) is 2. The minimum Gasteiger partial charge on any atom is -0.497 e. The molecule has 0 aromatic heterocycles. The first-order valence-electron chi connectivity index (χ1n) is 10.5. The van der Waals surface area contributed by atoms with E-state index in [-0.39, 0.29) is 16.1 Å². The van der Waals surface area contributed by atoms with Crippen LogP contribution in [0.3, 0.4) is 0 Å². The van der Waals surface area contributed by atoms with Gasteiger partial charge in [0, 0.05) is 29.8 Å². The Hall–Kier alpha value is -3.92. The zero-order valence-electron chi connectivity index (χ0n) is 18.7. The lowest BCUT2D eigenvalue weighted by Gasteiger charge is -2.13. The summed E-state index contributed by atoms with van der Waals surface area (Å²) in [5.41, 5.74) is 0.949. The zero-order valence-corrected chi connectivity index (χ0v) is 19.5. The van der Waals surface area contributed by atoms with Crippen molar-refractivity contribution in [3.63, 3.8) is 0 Å². The summed E-state index contributed by atoms with van der Waals surface area (Å²) in [5.74, 6) is 1.46. The number of nitrogens with one attached hydrogen (secondary N) is 2. The van der Waals surface area contributed by atoms with Gasteiger partial charge in [-0.2, -0.15) is 0 Å². The largest absolute Gasteiger partial charge is 0.497 e. The molecule has 0 radical (unpaired) electrons. The third kappa shape index (κ3) is 5.18. The molecule has 1 aliphatic heterocycles. The van der Waals surface area contributed by atoms with E-state index in [2.05, 4.69) is 10.0 Å². The summed E-state index contributed by atoms with van der Waals surface area (Å²) in [6.45, 7) is 0.953. The third-order valence-electron chi connectivity index (χ3n) is 5.06. The van der Waals surface area contributed by atoms with Crippen LogP contribution < -0.4 is 29.0 Å². The van der Waals surface area contributed by atoms with Crippen molar-refractivity contribution in [3.8, 4) is 23.0 Å².